The lowest BCUT2D eigenvalue weighted by Crippen LogP contribution is -2.26. The van der Waals surface area contributed by atoms with Crippen molar-refractivity contribution in [1.29, 1.82) is 0 Å². The number of pyridine rings is 1. The number of benzene rings is 2. The van der Waals surface area contributed by atoms with Gasteiger partial charge < -0.3 is 0 Å². The van der Waals surface area contributed by atoms with Gasteiger partial charge in [-0.2, -0.15) is 0 Å². The van der Waals surface area contributed by atoms with E-state index in [4.69, 9.17) is 11.6 Å². The maximum atomic E-state index is 14.8. The minimum absolute atomic E-state index is 0.0214. The summed E-state index contributed by atoms with van der Waals surface area (Å²) in [6.07, 6.45) is 1.65. The number of rotatable bonds is 5. The van der Waals surface area contributed by atoms with Crippen LogP contribution in [0.2, 0.25) is 5.02 Å². The van der Waals surface area contributed by atoms with Crippen LogP contribution in [0.15, 0.2) is 65.7 Å². The summed E-state index contributed by atoms with van der Waals surface area (Å²) in [7, 11) is -7.88. The van der Waals surface area contributed by atoms with Crippen molar-refractivity contribution < 1.29 is 25.6 Å². The Balaban J connectivity index is 1.92. The van der Waals surface area contributed by atoms with Crippen LogP contribution in [0.3, 0.4) is 0 Å². The molecule has 1 aliphatic rings. The van der Waals surface area contributed by atoms with E-state index in [1.54, 1.807) is 0 Å². The third-order valence-corrected chi connectivity index (χ3v) is 9.29. The molecular weight excluding hydrogens is 482 g/mol. The molecule has 0 bridgehead atoms. The first-order chi connectivity index (χ1) is 15.1. The molecule has 168 valence electrons. The number of hydrogen-bond donors (Lipinski definition) is 0. The van der Waals surface area contributed by atoms with Crippen LogP contribution in [0.25, 0.3) is 0 Å². The molecule has 0 spiro atoms. The van der Waals surface area contributed by atoms with Crippen LogP contribution in [-0.4, -0.2) is 34.1 Å². The fourth-order valence-electron chi connectivity index (χ4n) is 3.63. The second kappa shape index (κ2) is 8.42. The number of nitrogens with zero attached hydrogens (tertiary/aromatic N) is 2. The number of halogens is 3. The van der Waals surface area contributed by atoms with Gasteiger partial charge in [0.05, 0.1) is 10.6 Å². The van der Waals surface area contributed by atoms with Gasteiger partial charge in [0.15, 0.2) is 9.84 Å². The number of sulfone groups is 1. The predicted molar refractivity (Wildman–Crippen MR) is 117 cm³/mol. The van der Waals surface area contributed by atoms with Crippen molar-refractivity contribution in [3.63, 3.8) is 0 Å². The van der Waals surface area contributed by atoms with Crippen LogP contribution in [0.4, 0.5) is 14.6 Å². The Bertz CT molecular complexity index is 1380. The van der Waals surface area contributed by atoms with Crippen LogP contribution in [0, 0.1) is 11.6 Å². The first-order valence-corrected chi connectivity index (χ1v) is 13.0. The molecule has 1 fully saturated rings. The van der Waals surface area contributed by atoms with Gasteiger partial charge in [0, 0.05) is 23.3 Å². The normalized spacial score (nSPS) is 16.8. The van der Waals surface area contributed by atoms with Gasteiger partial charge in [-0.05, 0) is 66.6 Å². The number of anilines is 1. The standard InChI is InChI=1S/C21H17ClF2N2O4S2/c22-15-2-5-17(6-3-15)32(29,30)21(18-13-16(23)4-7-19(18)24)14-8-9-25-20(12-14)26-10-1-11-31(26,27)28/h2-9,12-13,21H,1,10-11H2. The average Bonchev–Trinajstić information content (AvgIpc) is 3.10. The van der Waals surface area contributed by atoms with E-state index >= 15 is 0 Å². The zero-order valence-corrected chi connectivity index (χ0v) is 18.8. The van der Waals surface area contributed by atoms with E-state index in [-0.39, 0.29) is 28.6 Å². The Kier molecular flexibility index (Phi) is 5.95. The van der Waals surface area contributed by atoms with Crippen molar-refractivity contribution in [2.45, 2.75) is 16.6 Å². The number of sulfonamides is 1. The van der Waals surface area contributed by atoms with E-state index in [0.29, 0.717) is 11.4 Å². The molecule has 2 heterocycles. The number of aromatic nitrogens is 1. The molecule has 4 rings (SSSR count). The van der Waals surface area contributed by atoms with E-state index in [1.165, 1.54) is 42.6 Å². The Morgan fingerprint density at radius 1 is 1.03 bits per heavy atom. The molecule has 3 aromatic rings. The Morgan fingerprint density at radius 2 is 1.75 bits per heavy atom. The first-order valence-electron chi connectivity index (χ1n) is 9.50. The minimum atomic E-state index is -4.29. The van der Waals surface area contributed by atoms with Crippen molar-refractivity contribution in [1.82, 2.24) is 4.98 Å². The van der Waals surface area contributed by atoms with Crippen LogP contribution in [-0.2, 0) is 19.9 Å². The summed E-state index contributed by atoms with van der Waals surface area (Å²) >= 11 is 5.87. The molecule has 1 unspecified atom stereocenters. The van der Waals surface area contributed by atoms with Crippen LogP contribution >= 0.6 is 11.6 Å². The summed E-state index contributed by atoms with van der Waals surface area (Å²) < 4.78 is 81.7. The van der Waals surface area contributed by atoms with Gasteiger partial charge in [0.1, 0.15) is 22.7 Å². The van der Waals surface area contributed by atoms with Gasteiger partial charge in [0.2, 0.25) is 10.0 Å². The molecule has 2 aromatic carbocycles. The van der Waals surface area contributed by atoms with Crippen molar-refractivity contribution >= 4 is 37.3 Å². The molecule has 32 heavy (non-hydrogen) atoms. The zero-order valence-electron chi connectivity index (χ0n) is 16.4. The van der Waals surface area contributed by atoms with Crippen molar-refractivity contribution in [3.8, 4) is 0 Å². The highest BCUT2D eigenvalue weighted by molar-refractivity contribution is 7.93. The Hall–Kier alpha value is -2.56. The predicted octanol–water partition coefficient (Wildman–Crippen LogP) is 4.12. The third kappa shape index (κ3) is 4.22. The fraction of sp³-hybridized carbons (Fsp3) is 0.190. The molecule has 0 amide bonds. The molecule has 0 aliphatic carbocycles. The molecular formula is C21H17ClF2N2O4S2. The fourth-order valence-corrected chi connectivity index (χ4v) is 7.07. The molecule has 1 aliphatic heterocycles. The highest BCUT2D eigenvalue weighted by atomic mass is 35.5. The van der Waals surface area contributed by atoms with Crippen molar-refractivity contribution in [2.24, 2.45) is 0 Å². The third-order valence-electron chi connectivity index (χ3n) is 5.12. The van der Waals surface area contributed by atoms with Gasteiger partial charge >= 0.3 is 0 Å². The lowest BCUT2D eigenvalue weighted by molar-refractivity contribution is 0.569. The van der Waals surface area contributed by atoms with Crippen molar-refractivity contribution in [2.75, 3.05) is 16.6 Å². The summed E-state index contributed by atoms with van der Waals surface area (Å²) in [6.45, 7) is 0.196. The monoisotopic (exact) mass is 498 g/mol. The summed E-state index contributed by atoms with van der Waals surface area (Å²) in [4.78, 5) is 3.92. The molecule has 0 saturated carbocycles. The topological polar surface area (TPSA) is 84.4 Å². The average molecular weight is 499 g/mol. The highest BCUT2D eigenvalue weighted by Gasteiger charge is 2.35. The van der Waals surface area contributed by atoms with E-state index in [9.17, 15) is 25.6 Å². The van der Waals surface area contributed by atoms with E-state index in [2.05, 4.69) is 4.98 Å². The van der Waals surface area contributed by atoms with Crippen LogP contribution in [0.5, 0.6) is 0 Å². The van der Waals surface area contributed by atoms with E-state index in [0.717, 1.165) is 22.5 Å². The molecule has 6 nitrogen and oxygen atoms in total. The molecule has 0 radical (unpaired) electrons. The summed E-state index contributed by atoms with van der Waals surface area (Å²) in [5.74, 6) is -1.76. The Morgan fingerprint density at radius 3 is 2.41 bits per heavy atom. The zero-order chi connectivity index (χ0) is 23.1. The largest absolute Gasteiger partial charge is 0.254 e. The molecule has 1 saturated heterocycles. The maximum absolute atomic E-state index is 14.8. The quantitative estimate of drug-likeness (QED) is 0.528. The lowest BCUT2D eigenvalue weighted by Gasteiger charge is -2.22. The first kappa shape index (κ1) is 22.6. The summed E-state index contributed by atoms with van der Waals surface area (Å²) in [5, 5.41) is -1.34. The van der Waals surface area contributed by atoms with E-state index in [1.807, 2.05) is 0 Å². The van der Waals surface area contributed by atoms with Crippen molar-refractivity contribution in [3.05, 3.63) is 88.6 Å². The van der Waals surface area contributed by atoms with Gasteiger partial charge in [-0.3, -0.25) is 4.31 Å². The van der Waals surface area contributed by atoms with Gasteiger partial charge in [0.25, 0.3) is 0 Å². The minimum Gasteiger partial charge on any atom is -0.254 e. The molecule has 1 atom stereocenters. The van der Waals surface area contributed by atoms with Gasteiger partial charge in [-0.1, -0.05) is 11.6 Å². The summed E-state index contributed by atoms with van der Waals surface area (Å²) in [5.41, 5.74) is -0.349. The number of hydrogen-bond acceptors (Lipinski definition) is 5. The highest BCUT2D eigenvalue weighted by Crippen LogP contribution is 2.38. The van der Waals surface area contributed by atoms with E-state index < -0.39 is 42.3 Å². The van der Waals surface area contributed by atoms with Gasteiger partial charge in [-0.25, -0.2) is 30.6 Å². The maximum Gasteiger partial charge on any atom is 0.236 e. The SMILES string of the molecule is O=S(=O)(c1ccc(Cl)cc1)C(c1ccnc(N2CCCS2(=O)=O)c1)c1cc(F)ccc1F. The molecule has 0 N–H and O–H groups in total. The second-order valence-corrected chi connectivity index (χ2v) is 11.7. The second-order valence-electron chi connectivity index (χ2n) is 7.23. The van der Waals surface area contributed by atoms with Crippen LogP contribution in [0.1, 0.15) is 22.8 Å². The lowest BCUT2D eigenvalue weighted by atomic mass is 10.0. The smallest absolute Gasteiger partial charge is 0.236 e. The molecule has 1 aromatic heterocycles. The molecule has 11 heteroatoms. The summed E-state index contributed by atoms with van der Waals surface area (Å²) in [6, 6.07) is 10.5. The van der Waals surface area contributed by atoms with Crippen LogP contribution < -0.4 is 4.31 Å². The Labute approximate surface area is 189 Å². The van der Waals surface area contributed by atoms with Gasteiger partial charge in [-0.15, -0.1) is 0 Å².